The highest BCUT2D eigenvalue weighted by Gasteiger charge is 2.13. The van der Waals surface area contributed by atoms with Gasteiger partial charge < -0.3 is 14.9 Å². The third-order valence-electron chi connectivity index (χ3n) is 1.97. The molecule has 0 spiro atoms. The molecule has 0 aliphatic heterocycles. The molecule has 0 atom stereocenters. The van der Waals surface area contributed by atoms with Crippen LogP contribution in [0.5, 0.6) is 11.5 Å². The molecule has 0 saturated heterocycles. The molecule has 15 heavy (non-hydrogen) atoms. The Bertz CT molecular complexity index is 376. The SMILES string of the molecule is COc1c(O)ccc(CCC(=O)O)c1F. The van der Waals surface area contributed by atoms with E-state index in [1.807, 2.05) is 0 Å². The van der Waals surface area contributed by atoms with Crippen molar-refractivity contribution in [2.45, 2.75) is 12.8 Å². The molecular weight excluding hydrogens is 203 g/mol. The summed E-state index contributed by atoms with van der Waals surface area (Å²) in [6.45, 7) is 0. The van der Waals surface area contributed by atoms with E-state index in [-0.39, 0.29) is 29.9 Å². The van der Waals surface area contributed by atoms with Gasteiger partial charge in [-0.15, -0.1) is 0 Å². The lowest BCUT2D eigenvalue weighted by Gasteiger charge is -2.08. The Hall–Kier alpha value is -1.78. The van der Waals surface area contributed by atoms with Crippen LogP contribution in [0.4, 0.5) is 4.39 Å². The molecule has 2 N–H and O–H groups in total. The summed E-state index contributed by atoms with van der Waals surface area (Å²) in [5, 5.41) is 17.7. The zero-order chi connectivity index (χ0) is 11.4. The summed E-state index contributed by atoms with van der Waals surface area (Å²) in [6, 6.07) is 2.62. The standard InChI is InChI=1S/C10H11FO4/c1-15-10-7(12)4-2-6(9(10)11)3-5-8(13)14/h2,4,12H,3,5H2,1H3,(H,13,14). The fourth-order valence-corrected chi connectivity index (χ4v) is 1.22. The zero-order valence-electron chi connectivity index (χ0n) is 8.16. The predicted octanol–water partition coefficient (Wildman–Crippen LogP) is 1.56. The normalized spacial score (nSPS) is 10.0. The summed E-state index contributed by atoms with van der Waals surface area (Å²) in [7, 11) is 1.24. The van der Waals surface area contributed by atoms with Crippen molar-refractivity contribution in [1.82, 2.24) is 0 Å². The second kappa shape index (κ2) is 4.63. The van der Waals surface area contributed by atoms with Gasteiger partial charge in [-0.1, -0.05) is 6.07 Å². The highest BCUT2D eigenvalue weighted by Crippen LogP contribution is 2.31. The lowest BCUT2D eigenvalue weighted by Crippen LogP contribution is -2.01. The first-order valence-electron chi connectivity index (χ1n) is 4.32. The van der Waals surface area contributed by atoms with Crippen molar-refractivity contribution >= 4 is 5.97 Å². The number of phenols is 1. The molecule has 0 unspecified atom stereocenters. The molecule has 0 saturated carbocycles. The molecule has 4 nitrogen and oxygen atoms in total. The molecule has 1 aromatic carbocycles. The first kappa shape index (κ1) is 11.3. The number of ether oxygens (including phenoxy) is 1. The molecule has 0 aromatic heterocycles. The number of carboxylic acid groups (broad SMARTS) is 1. The van der Waals surface area contributed by atoms with Crippen LogP contribution in [0.3, 0.4) is 0 Å². The lowest BCUT2D eigenvalue weighted by atomic mass is 10.1. The topological polar surface area (TPSA) is 66.8 Å². The Morgan fingerprint density at radius 3 is 2.73 bits per heavy atom. The number of hydrogen-bond acceptors (Lipinski definition) is 3. The third kappa shape index (κ3) is 2.59. The van der Waals surface area contributed by atoms with Crippen molar-refractivity contribution in [2.75, 3.05) is 7.11 Å². The number of hydrogen-bond donors (Lipinski definition) is 2. The number of aliphatic carboxylic acids is 1. The minimum absolute atomic E-state index is 0.0673. The van der Waals surface area contributed by atoms with Crippen molar-refractivity contribution in [1.29, 1.82) is 0 Å². The maximum Gasteiger partial charge on any atom is 0.303 e. The fourth-order valence-electron chi connectivity index (χ4n) is 1.22. The first-order chi connectivity index (χ1) is 7.06. The third-order valence-corrected chi connectivity index (χ3v) is 1.97. The zero-order valence-corrected chi connectivity index (χ0v) is 8.16. The molecule has 0 aliphatic carbocycles. The number of aromatic hydroxyl groups is 1. The van der Waals surface area contributed by atoms with E-state index < -0.39 is 11.8 Å². The van der Waals surface area contributed by atoms with Gasteiger partial charge in [0.25, 0.3) is 0 Å². The Labute approximate surface area is 85.9 Å². The van der Waals surface area contributed by atoms with Gasteiger partial charge in [0.05, 0.1) is 7.11 Å². The quantitative estimate of drug-likeness (QED) is 0.798. The van der Waals surface area contributed by atoms with Gasteiger partial charge in [-0.05, 0) is 18.1 Å². The molecule has 82 valence electrons. The molecular formula is C10H11FO4. The number of methoxy groups -OCH3 is 1. The molecule has 0 heterocycles. The Balaban J connectivity index is 2.94. The Morgan fingerprint density at radius 2 is 2.20 bits per heavy atom. The van der Waals surface area contributed by atoms with E-state index in [1.54, 1.807) is 0 Å². The molecule has 0 aliphatic rings. The molecule has 0 bridgehead atoms. The number of rotatable bonds is 4. The maximum atomic E-state index is 13.5. The van der Waals surface area contributed by atoms with E-state index >= 15 is 0 Å². The fraction of sp³-hybridized carbons (Fsp3) is 0.300. The first-order valence-corrected chi connectivity index (χ1v) is 4.32. The summed E-state index contributed by atoms with van der Waals surface area (Å²) in [6.07, 6.45) is -0.0946. The van der Waals surface area contributed by atoms with Crippen LogP contribution < -0.4 is 4.74 Å². The smallest absolute Gasteiger partial charge is 0.303 e. The van der Waals surface area contributed by atoms with Gasteiger partial charge in [-0.2, -0.15) is 0 Å². The van der Waals surface area contributed by atoms with E-state index in [0.29, 0.717) is 0 Å². The van der Waals surface area contributed by atoms with Crippen molar-refractivity contribution < 1.29 is 24.1 Å². The molecule has 1 aromatic rings. The summed E-state index contributed by atoms with van der Waals surface area (Å²) < 4.78 is 18.2. The average molecular weight is 214 g/mol. The average Bonchev–Trinajstić information content (AvgIpc) is 2.17. The lowest BCUT2D eigenvalue weighted by molar-refractivity contribution is -0.136. The van der Waals surface area contributed by atoms with Crippen molar-refractivity contribution in [2.24, 2.45) is 0 Å². The number of halogens is 1. The number of phenolic OH excluding ortho intramolecular Hbond substituents is 1. The van der Waals surface area contributed by atoms with Gasteiger partial charge in [0.15, 0.2) is 17.3 Å². The van der Waals surface area contributed by atoms with Gasteiger partial charge >= 0.3 is 5.97 Å². The monoisotopic (exact) mass is 214 g/mol. The van der Waals surface area contributed by atoms with Crippen LogP contribution in [-0.4, -0.2) is 23.3 Å². The van der Waals surface area contributed by atoms with Crippen LogP contribution in [0.15, 0.2) is 12.1 Å². The van der Waals surface area contributed by atoms with Crippen LogP contribution in [-0.2, 0) is 11.2 Å². The largest absolute Gasteiger partial charge is 0.504 e. The summed E-state index contributed by atoms with van der Waals surface area (Å²) in [4.78, 5) is 10.3. The maximum absolute atomic E-state index is 13.5. The molecule has 0 radical (unpaired) electrons. The van der Waals surface area contributed by atoms with Crippen molar-refractivity contribution in [3.8, 4) is 11.5 Å². The molecule has 0 amide bonds. The van der Waals surface area contributed by atoms with Gasteiger partial charge in [-0.25, -0.2) is 4.39 Å². The number of benzene rings is 1. The van der Waals surface area contributed by atoms with Gasteiger partial charge in [0, 0.05) is 6.42 Å². The summed E-state index contributed by atoms with van der Waals surface area (Å²) in [5.74, 6) is -2.26. The second-order valence-electron chi connectivity index (χ2n) is 2.98. The molecule has 0 fully saturated rings. The van der Waals surface area contributed by atoms with Crippen LogP contribution in [0, 0.1) is 5.82 Å². The number of aryl methyl sites for hydroxylation is 1. The van der Waals surface area contributed by atoms with Crippen LogP contribution >= 0.6 is 0 Å². The van der Waals surface area contributed by atoms with E-state index in [0.717, 1.165) is 0 Å². The van der Waals surface area contributed by atoms with Crippen LogP contribution in [0.25, 0.3) is 0 Å². The van der Waals surface area contributed by atoms with Crippen molar-refractivity contribution in [3.05, 3.63) is 23.5 Å². The van der Waals surface area contributed by atoms with Crippen LogP contribution in [0.2, 0.25) is 0 Å². The second-order valence-corrected chi connectivity index (χ2v) is 2.98. The Kier molecular flexibility index (Phi) is 3.49. The minimum Gasteiger partial charge on any atom is -0.504 e. The van der Waals surface area contributed by atoms with E-state index in [9.17, 15) is 14.3 Å². The van der Waals surface area contributed by atoms with E-state index in [1.165, 1.54) is 19.2 Å². The highest BCUT2D eigenvalue weighted by atomic mass is 19.1. The van der Waals surface area contributed by atoms with Crippen molar-refractivity contribution in [3.63, 3.8) is 0 Å². The van der Waals surface area contributed by atoms with E-state index in [4.69, 9.17) is 5.11 Å². The minimum atomic E-state index is -0.999. The molecule has 5 heteroatoms. The van der Waals surface area contributed by atoms with Gasteiger partial charge in [0.2, 0.25) is 0 Å². The van der Waals surface area contributed by atoms with Gasteiger partial charge in [-0.3, -0.25) is 4.79 Å². The number of carboxylic acids is 1. The predicted molar refractivity (Wildman–Crippen MR) is 50.6 cm³/mol. The Morgan fingerprint density at radius 1 is 1.53 bits per heavy atom. The highest BCUT2D eigenvalue weighted by molar-refractivity contribution is 5.67. The van der Waals surface area contributed by atoms with Gasteiger partial charge in [0.1, 0.15) is 0 Å². The summed E-state index contributed by atoms with van der Waals surface area (Å²) in [5.41, 5.74) is 0.215. The van der Waals surface area contributed by atoms with Crippen LogP contribution in [0.1, 0.15) is 12.0 Å². The molecule has 1 rings (SSSR count). The van der Waals surface area contributed by atoms with E-state index in [2.05, 4.69) is 4.74 Å². The summed E-state index contributed by atoms with van der Waals surface area (Å²) >= 11 is 0. The number of carbonyl (C=O) groups is 1.